The van der Waals surface area contributed by atoms with Crippen LogP contribution in [-0.2, 0) is 15.2 Å². The van der Waals surface area contributed by atoms with Crippen LogP contribution in [0.4, 0.5) is 5.69 Å². The van der Waals surface area contributed by atoms with Crippen molar-refractivity contribution in [3.05, 3.63) is 29.8 Å². The van der Waals surface area contributed by atoms with Crippen LogP contribution in [0.3, 0.4) is 0 Å². The van der Waals surface area contributed by atoms with Gasteiger partial charge in [-0.2, -0.15) is 0 Å². The number of hydrogen-bond acceptors (Lipinski definition) is 4. The highest BCUT2D eigenvalue weighted by Crippen LogP contribution is 2.30. The number of anilines is 1. The summed E-state index contributed by atoms with van der Waals surface area (Å²) in [6.45, 7) is 0. The Kier molecular flexibility index (Phi) is 3.38. The smallest absolute Gasteiger partial charge is 0.352 e. The van der Waals surface area contributed by atoms with Crippen LogP contribution >= 0.6 is 0 Å². The van der Waals surface area contributed by atoms with Gasteiger partial charge in [-0.1, -0.05) is 18.2 Å². The van der Waals surface area contributed by atoms with E-state index in [9.17, 15) is 14.7 Å². The summed E-state index contributed by atoms with van der Waals surface area (Å²) >= 11 is 0. The molecule has 0 aromatic heterocycles. The summed E-state index contributed by atoms with van der Waals surface area (Å²) in [5, 5.41) is 27.7. The number of carboxylic acid groups (broad SMARTS) is 2. The topological polar surface area (TPSA) is 98.1 Å². The van der Waals surface area contributed by atoms with Crippen LogP contribution in [0.2, 0.25) is 0 Å². The Balaban J connectivity index is 3.50. The SMILES string of the molecule is CN(C)c1ccccc1C(O)(C(=O)O)C(=O)O. The number of benzene rings is 1. The van der Waals surface area contributed by atoms with Gasteiger partial charge in [-0.05, 0) is 6.07 Å². The van der Waals surface area contributed by atoms with Crippen molar-refractivity contribution in [2.45, 2.75) is 5.60 Å². The molecule has 1 aromatic rings. The highest BCUT2D eigenvalue weighted by Gasteiger charge is 2.48. The van der Waals surface area contributed by atoms with Crippen LogP contribution in [0.1, 0.15) is 5.56 Å². The molecule has 0 heterocycles. The van der Waals surface area contributed by atoms with Gasteiger partial charge in [-0.15, -0.1) is 0 Å². The minimum Gasteiger partial charge on any atom is -0.478 e. The van der Waals surface area contributed by atoms with Crippen molar-refractivity contribution < 1.29 is 24.9 Å². The summed E-state index contributed by atoms with van der Waals surface area (Å²) in [7, 11) is 3.26. The van der Waals surface area contributed by atoms with E-state index in [0.717, 1.165) is 0 Å². The normalized spacial score (nSPS) is 11.0. The van der Waals surface area contributed by atoms with Gasteiger partial charge in [0.1, 0.15) is 0 Å². The average Bonchev–Trinajstić information content (AvgIpc) is 2.27. The summed E-state index contributed by atoms with van der Waals surface area (Å²) < 4.78 is 0. The molecule has 3 N–H and O–H groups in total. The fourth-order valence-corrected chi connectivity index (χ4v) is 1.49. The van der Waals surface area contributed by atoms with Crippen LogP contribution in [0.25, 0.3) is 0 Å². The van der Waals surface area contributed by atoms with E-state index in [1.54, 1.807) is 20.2 Å². The van der Waals surface area contributed by atoms with E-state index in [2.05, 4.69) is 0 Å². The Bertz CT molecular complexity index is 441. The first-order chi connectivity index (χ1) is 7.81. The molecule has 92 valence electrons. The Morgan fingerprint density at radius 1 is 1.12 bits per heavy atom. The van der Waals surface area contributed by atoms with E-state index in [0.29, 0.717) is 5.69 Å². The van der Waals surface area contributed by atoms with Gasteiger partial charge in [0, 0.05) is 25.3 Å². The van der Waals surface area contributed by atoms with Crippen LogP contribution in [0, 0.1) is 0 Å². The molecule has 1 rings (SSSR count). The maximum Gasteiger partial charge on any atom is 0.352 e. The first-order valence-electron chi connectivity index (χ1n) is 4.77. The van der Waals surface area contributed by atoms with Gasteiger partial charge in [0.2, 0.25) is 0 Å². The molecule has 0 unspecified atom stereocenters. The summed E-state index contributed by atoms with van der Waals surface area (Å²) in [4.78, 5) is 23.5. The number of aliphatic hydroxyl groups is 1. The van der Waals surface area contributed by atoms with E-state index in [-0.39, 0.29) is 5.56 Å². The van der Waals surface area contributed by atoms with Crippen molar-refractivity contribution in [1.82, 2.24) is 0 Å². The maximum atomic E-state index is 11.0. The zero-order chi connectivity index (χ0) is 13.2. The monoisotopic (exact) mass is 239 g/mol. The lowest BCUT2D eigenvalue weighted by Gasteiger charge is -2.25. The van der Waals surface area contributed by atoms with Crippen LogP contribution in [0.5, 0.6) is 0 Å². The lowest BCUT2D eigenvalue weighted by atomic mass is 9.92. The molecule has 0 fully saturated rings. The van der Waals surface area contributed by atoms with Gasteiger partial charge in [-0.3, -0.25) is 0 Å². The molecule has 0 bridgehead atoms. The zero-order valence-corrected chi connectivity index (χ0v) is 9.41. The quantitative estimate of drug-likeness (QED) is 0.645. The third kappa shape index (κ3) is 2.07. The van der Waals surface area contributed by atoms with Crippen molar-refractivity contribution >= 4 is 17.6 Å². The van der Waals surface area contributed by atoms with Gasteiger partial charge in [-0.25, -0.2) is 9.59 Å². The summed E-state index contributed by atoms with van der Waals surface area (Å²) in [6, 6.07) is 5.91. The van der Waals surface area contributed by atoms with Crippen molar-refractivity contribution in [1.29, 1.82) is 0 Å². The van der Waals surface area contributed by atoms with Gasteiger partial charge in [0.15, 0.2) is 0 Å². The van der Waals surface area contributed by atoms with Crippen molar-refractivity contribution in [3.63, 3.8) is 0 Å². The van der Waals surface area contributed by atoms with Crippen LogP contribution < -0.4 is 4.90 Å². The van der Waals surface area contributed by atoms with Gasteiger partial charge in [0.25, 0.3) is 5.60 Å². The third-order valence-electron chi connectivity index (χ3n) is 2.39. The molecule has 0 atom stereocenters. The molecule has 0 radical (unpaired) electrons. The van der Waals surface area contributed by atoms with Crippen molar-refractivity contribution in [2.75, 3.05) is 19.0 Å². The number of rotatable bonds is 4. The minimum atomic E-state index is -2.94. The van der Waals surface area contributed by atoms with Crippen molar-refractivity contribution in [2.24, 2.45) is 0 Å². The number of carboxylic acids is 2. The highest BCUT2D eigenvalue weighted by molar-refractivity contribution is 6.03. The predicted octanol–water partition coefficient (Wildman–Crippen LogP) is 0.109. The molecule has 0 amide bonds. The molecule has 0 aliphatic rings. The molecule has 6 nitrogen and oxygen atoms in total. The summed E-state index contributed by atoms with van der Waals surface area (Å²) in [6.07, 6.45) is 0. The second kappa shape index (κ2) is 4.42. The van der Waals surface area contributed by atoms with Gasteiger partial charge < -0.3 is 20.2 Å². The van der Waals surface area contributed by atoms with Crippen LogP contribution in [0.15, 0.2) is 24.3 Å². The van der Waals surface area contributed by atoms with E-state index < -0.39 is 17.5 Å². The highest BCUT2D eigenvalue weighted by atomic mass is 16.4. The predicted molar refractivity (Wildman–Crippen MR) is 59.9 cm³/mol. The number of hydrogen-bond donors (Lipinski definition) is 3. The number of aliphatic carboxylic acids is 2. The van der Waals surface area contributed by atoms with Crippen molar-refractivity contribution in [3.8, 4) is 0 Å². The standard InChI is InChI=1S/C11H13NO5/c1-12(2)8-6-4-3-5-7(8)11(17,9(13)14)10(15)16/h3-6,17H,1-2H3,(H,13,14)(H,15,16). The van der Waals surface area contributed by atoms with E-state index >= 15 is 0 Å². The Hall–Kier alpha value is -2.08. The molecule has 0 aliphatic heterocycles. The second-order valence-corrected chi connectivity index (χ2v) is 3.73. The number of nitrogens with zero attached hydrogens (tertiary/aromatic N) is 1. The molecule has 0 saturated heterocycles. The zero-order valence-electron chi connectivity index (χ0n) is 9.41. The van der Waals surface area contributed by atoms with Gasteiger partial charge >= 0.3 is 11.9 Å². The Morgan fingerprint density at radius 3 is 2.00 bits per heavy atom. The maximum absolute atomic E-state index is 11.0. The van der Waals surface area contributed by atoms with E-state index in [1.807, 2.05) is 0 Å². The van der Waals surface area contributed by atoms with E-state index in [4.69, 9.17) is 10.2 Å². The Morgan fingerprint density at radius 2 is 1.59 bits per heavy atom. The Labute approximate surface area is 97.7 Å². The third-order valence-corrected chi connectivity index (χ3v) is 2.39. The lowest BCUT2D eigenvalue weighted by molar-refractivity contribution is -0.177. The largest absolute Gasteiger partial charge is 0.478 e. The summed E-state index contributed by atoms with van der Waals surface area (Å²) in [5.41, 5.74) is -2.79. The molecule has 0 spiro atoms. The van der Waals surface area contributed by atoms with Gasteiger partial charge in [0.05, 0.1) is 0 Å². The molecule has 0 saturated carbocycles. The number of para-hydroxylation sites is 1. The first-order valence-corrected chi connectivity index (χ1v) is 4.77. The van der Waals surface area contributed by atoms with E-state index in [1.165, 1.54) is 23.1 Å². The van der Waals surface area contributed by atoms with Crippen LogP contribution in [-0.4, -0.2) is 41.4 Å². The fourth-order valence-electron chi connectivity index (χ4n) is 1.49. The molecule has 6 heteroatoms. The second-order valence-electron chi connectivity index (χ2n) is 3.73. The summed E-state index contributed by atoms with van der Waals surface area (Å²) in [5.74, 6) is -3.64. The molecule has 17 heavy (non-hydrogen) atoms. The molecule has 1 aromatic carbocycles. The molecular weight excluding hydrogens is 226 g/mol. The average molecular weight is 239 g/mol. The first kappa shape index (κ1) is 13.0. The fraction of sp³-hybridized carbons (Fsp3) is 0.273. The number of carbonyl (C=O) groups is 2. The lowest BCUT2D eigenvalue weighted by Crippen LogP contribution is -2.44. The minimum absolute atomic E-state index is 0.176. The molecule has 0 aliphatic carbocycles. The molecular formula is C11H13NO5.